The maximum absolute atomic E-state index is 7.48. The molecule has 0 amide bonds. The van der Waals surface area contributed by atoms with Crippen LogP contribution in [0, 0.1) is 0 Å². The van der Waals surface area contributed by atoms with Crippen molar-refractivity contribution in [2.45, 2.75) is 114 Å². The van der Waals surface area contributed by atoms with Crippen molar-refractivity contribution in [3.8, 4) is 0 Å². The molecule has 0 radical (unpaired) electrons. The van der Waals surface area contributed by atoms with Crippen LogP contribution in [0.3, 0.4) is 0 Å². The summed E-state index contributed by atoms with van der Waals surface area (Å²) in [5, 5.41) is 9.09. The van der Waals surface area contributed by atoms with Crippen molar-refractivity contribution in [3.63, 3.8) is 0 Å². The smallest absolute Gasteiger partial charge is 0.187 e. The van der Waals surface area contributed by atoms with Crippen molar-refractivity contribution >= 4 is 0 Å². The molecule has 0 unspecified atom stereocenters. The molecule has 0 N–H and O–H groups in total. The van der Waals surface area contributed by atoms with Gasteiger partial charge in [0.15, 0.2) is 12.6 Å². The lowest BCUT2D eigenvalue weighted by Crippen LogP contribution is -2.66. The molecule has 1 aromatic heterocycles. The standard InChI is InChI=1S/C59H63N3O11/c1-63-58-56(69-37-46-27-15-6-16-28-46)55(68-36-45-25-13-5-14-26-45)53-51(71-58)41-65-38-48-30-18-17-29-47(48)31-62-32-49(60-61-62)39-70-57-54(67-35-44-23-11-4-12-24-44)52(66-34-43-21-9-3-10-22-43)50(72-59(57)73-53)40-64-33-42-19-7-2-8-20-42/h2-30,32,50-59H,31,33-41H2,1H3/t50-,51-,52-,53-,54+,55+,56-,57-,58+,59-/m1/s1. The third-order valence-electron chi connectivity index (χ3n) is 13.2. The molecule has 3 aliphatic heterocycles. The van der Waals surface area contributed by atoms with Crippen LogP contribution in [-0.4, -0.2) is 96.7 Å². The monoisotopic (exact) mass is 989 g/mol. The summed E-state index contributed by atoms with van der Waals surface area (Å²) in [6.07, 6.45) is -6.47. The van der Waals surface area contributed by atoms with Crippen molar-refractivity contribution < 1.29 is 52.1 Å². The summed E-state index contributed by atoms with van der Waals surface area (Å²) in [7, 11) is 1.61. The van der Waals surface area contributed by atoms with Crippen molar-refractivity contribution in [1.82, 2.24) is 15.0 Å². The molecule has 10 rings (SSSR count). The first-order valence-electron chi connectivity index (χ1n) is 25.0. The number of rotatable bonds is 17. The second-order valence-electron chi connectivity index (χ2n) is 18.4. The maximum Gasteiger partial charge on any atom is 0.187 e. The first-order chi connectivity index (χ1) is 36.1. The first kappa shape index (κ1) is 50.5. The van der Waals surface area contributed by atoms with Gasteiger partial charge in [-0.05, 0) is 38.9 Å². The van der Waals surface area contributed by atoms with Crippen LogP contribution < -0.4 is 0 Å². The van der Waals surface area contributed by atoms with Gasteiger partial charge in [-0.15, -0.1) is 5.10 Å². The molecule has 3 aliphatic rings. The molecule has 14 heteroatoms. The third-order valence-corrected chi connectivity index (χ3v) is 13.2. The van der Waals surface area contributed by atoms with Gasteiger partial charge in [0, 0.05) is 7.11 Å². The Morgan fingerprint density at radius 2 is 1.00 bits per heavy atom. The van der Waals surface area contributed by atoms with Crippen LogP contribution in [0.4, 0.5) is 0 Å². The van der Waals surface area contributed by atoms with Gasteiger partial charge in [-0.25, -0.2) is 4.68 Å². The highest BCUT2D eigenvalue weighted by atomic mass is 16.8. The molecule has 0 saturated carbocycles. The van der Waals surface area contributed by atoms with Crippen molar-refractivity contribution in [2.75, 3.05) is 20.3 Å². The second kappa shape index (κ2) is 25.8. The maximum atomic E-state index is 7.48. The average molecular weight is 990 g/mol. The molecule has 2 saturated heterocycles. The lowest BCUT2D eigenvalue weighted by Gasteiger charge is -2.50. The Morgan fingerprint density at radius 1 is 0.507 bits per heavy atom. The minimum Gasteiger partial charge on any atom is -0.374 e. The number of hydrogen-bond acceptors (Lipinski definition) is 13. The zero-order valence-electron chi connectivity index (χ0n) is 41.0. The van der Waals surface area contributed by atoms with Gasteiger partial charge in [-0.2, -0.15) is 0 Å². The summed E-state index contributed by atoms with van der Waals surface area (Å²) in [5.74, 6) is 0. The molecule has 2 fully saturated rings. The van der Waals surface area contributed by atoms with E-state index in [2.05, 4.69) is 22.4 Å². The van der Waals surface area contributed by atoms with Crippen LogP contribution in [0.25, 0.3) is 0 Å². The van der Waals surface area contributed by atoms with Gasteiger partial charge < -0.3 is 52.1 Å². The van der Waals surface area contributed by atoms with Gasteiger partial charge in [0.05, 0.1) is 72.2 Å². The molecule has 7 aromatic rings. The number of fused-ring (bicyclic) bond motifs is 5. The zero-order chi connectivity index (χ0) is 49.4. The number of methoxy groups -OCH3 is 1. The van der Waals surface area contributed by atoms with Gasteiger partial charge >= 0.3 is 0 Å². The number of ether oxygens (including phenoxy) is 11. The van der Waals surface area contributed by atoms with E-state index in [0.717, 1.165) is 38.9 Å². The Morgan fingerprint density at radius 3 is 1.56 bits per heavy atom. The topological polar surface area (TPSA) is 132 Å². The summed E-state index contributed by atoms with van der Waals surface area (Å²) in [4.78, 5) is 0. The molecule has 10 atom stereocenters. The third kappa shape index (κ3) is 13.6. The minimum absolute atomic E-state index is 0.0531. The lowest BCUT2D eigenvalue weighted by molar-refractivity contribution is -0.376. The molecule has 380 valence electrons. The SMILES string of the molecule is CO[C@H]1O[C@@H]2COCc3ccccc3Cn3cc(nn3)CO[C@H]3[C@@H](O[C@H]2[C@H](OCc2ccccc2)[C@H]1OCc1ccccc1)O[C@H](COCc1ccccc1)[C@@H](OCc1ccccc1)[C@@H]3OCc1ccccc1. The Hall–Kier alpha value is -5.98. The van der Waals surface area contributed by atoms with E-state index < -0.39 is 61.4 Å². The normalized spacial score (nSPS) is 25.5. The molecular weight excluding hydrogens is 927 g/mol. The molecule has 14 nitrogen and oxygen atoms in total. The van der Waals surface area contributed by atoms with Gasteiger partial charge in [-0.1, -0.05) is 181 Å². The molecule has 0 aliphatic carbocycles. The molecule has 6 aromatic carbocycles. The van der Waals surface area contributed by atoms with E-state index in [1.54, 1.807) is 11.8 Å². The predicted molar refractivity (Wildman–Crippen MR) is 269 cm³/mol. The molecule has 4 heterocycles. The van der Waals surface area contributed by atoms with E-state index in [1.165, 1.54) is 0 Å². The van der Waals surface area contributed by atoms with E-state index in [1.807, 2.05) is 170 Å². The number of aromatic nitrogens is 3. The van der Waals surface area contributed by atoms with Crippen LogP contribution in [-0.2, 0) is 105 Å². The van der Waals surface area contributed by atoms with Gasteiger partial charge in [0.1, 0.15) is 54.5 Å². The highest BCUT2D eigenvalue weighted by molar-refractivity contribution is 5.27. The number of nitrogens with zero attached hydrogens (tertiary/aromatic N) is 3. The number of benzene rings is 6. The summed E-state index contributed by atoms with van der Waals surface area (Å²) in [6.45, 7) is 2.40. The second-order valence-corrected chi connectivity index (χ2v) is 18.4. The first-order valence-corrected chi connectivity index (χ1v) is 25.0. The van der Waals surface area contributed by atoms with Crippen molar-refractivity contribution in [3.05, 3.63) is 227 Å². The average Bonchev–Trinajstić information content (AvgIpc) is 3.89. The summed E-state index contributed by atoms with van der Waals surface area (Å²) in [6, 6.07) is 58.2. The Kier molecular flexibility index (Phi) is 17.9. The van der Waals surface area contributed by atoms with E-state index in [-0.39, 0.29) is 52.9 Å². The Bertz CT molecular complexity index is 2690. The highest BCUT2D eigenvalue weighted by Gasteiger charge is 2.54. The van der Waals surface area contributed by atoms with Gasteiger partial charge in [0.25, 0.3) is 0 Å². The quantitative estimate of drug-likeness (QED) is 0.0862. The molecule has 73 heavy (non-hydrogen) atoms. The van der Waals surface area contributed by atoms with Crippen LogP contribution in [0.1, 0.15) is 44.6 Å². The number of hydrogen-bond donors (Lipinski definition) is 0. The van der Waals surface area contributed by atoms with Crippen LogP contribution in [0.2, 0.25) is 0 Å². The largest absolute Gasteiger partial charge is 0.374 e. The fourth-order valence-electron chi connectivity index (χ4n) is 9.49. The van der Waals surface area contributed by atoms with E-state index in [0.29, 0.717) is 18.8 Å². The van der Waals surface area contributed by atoms with Gasteiger partial charge in [-0.3, -0.25) is 0 Å². The molecule has 2 bridgehead atoms. The van der Waals surface area contributed by atoms with Crippen LogP contribution >= 0.6 is 0 Å². The lowest BCUT2D eigenvalue weighted by atomic mass is 9.95. The minimum atomic E-state index is -1.13. The van der Waals surface area contributed by atoms with Gasteiger partial charge in [0.2, 0.25) is 0 Å². The highest BCUT2D eigenvalue weighted by Crippen LogP contribution is 2.37. The van der Waals surface area contributed by atoms with Crippen molar-refractivity contribution in [2.24, 2.45) is 0 Å². The molecule has 0 spiro atoms. The fourth-order valence-corrected chi connectivity index (χ4v) is 9.49. The summed E-state index contributed by atoms with van der Waals surface area (Å²) in [5.41, 5.74) is 7.55. The van der Waals surface area contributed by atoms with Crippen LogP contribution in [0.15, 0.2) is 182 Å². The van der Waals surface area contributed by atoms with E-state index in [4.69, 9.17) is 52.1 Å². The van der Waals surface area contributed by atoms with Crippen LogP contribution in [0.5, 0.6) is 0 Å². The predicted octanol–water partition coefficient (Wildman–Crippen LogP) is 8.78. The summed E-state index contributed by atoms with van der Waals surface area (Å²) >= 11 is 0. The Labute approximate surface area is 426 Å². The fraction of sp³-hybridized carbons (Fsp3) is 0.356. The zero-order valence-corrected chi connectivity index (χ0v) is 41.0. The van der Waals surface area contributed by atoms with E-state index >= 15 is 0 Å². The molecular formula is C59H63N3O11. The van der Waals surface area contributed by atoms with Crippen molar-refractivity contribution in [1.29, 1.82) is 0 Å². The van der Waals surface area contributed by atoms with E-state index in [9.17, 15) is 0 Å². The summed E-state index contributed by atoms with van der Waals surface area (Å²) < 4.78 is 77.7. The Balaban J connectivity index is 1.06.